The molecule has 0 aliphatic carbocycles. The van der Waals surface area contributed by atoms with Crippen LogP contribution in [0.25, 0.3) is 0 Å². The molecule has 2 atom stereocenters. The van der Waals surface area contributed by atoms with E-state index in [1.807, 2.05) is 0 Å². The Morgan fingerprint density at radius 3 is 2.89 bits per heavy atom. The van der Waals surface area contributed by atoms with E-state index < -0.39 is 28.4 Å². The Hall–Kier alpha value is 1.67. The van der Waals surface area contributed by atoms with Gasteiger partial charge in [-0.3, -0.25) is 5.40 Å². The first-order valence-electron chi connectivity index (χ1n) is 6.30. The van der Waals surface area contributed by atoms with Crippen molar-refractivity contribution in [3.63, 3.8) is 0 Å². The average Bonchev–Trinajstić information content (AvgIpc) is 2.31. The lowest BCUT2D eigenvalue weighted by atomic mass is 11.6. The van der Waals surface area contributed by atoms with Crippen molar-refractivity contribution < 1.29 is 0 Å². The largest absolute Gasteiger partial charge is 0.359 e. The summed E-state index contributed by atoms with van der Waals surface area (Å²) in [4.78, 5) is 0. The van der Waals surface area contributed by atoms with E-state index in [1.54, 1.807) is 0 Å². The number of hydrogen-bond acceptors (Lipinski definition) is 6. The summed E-state index contributed by atoms with van der Waals surface area (Å²) in [6, 6.07) is 0. The molecule has 2 aliphatic rings. The Balaban J connectivity index is 1.91. The van der Waals surface area contributed by atoms with Crippen LogP contribution in [0, 0.1) is 0 Å². The van der Waals surface area contributed by atoms with Gasteiger partial charge in [0.15, 0.2) is 39.4 Å². The molecule has 16 heteroatoms. The van der Waals surface area contributed by atoms with Crippen LogP contribution in [0.5, 0.6) is 0 Å². The van der Waals surface area contributed by atoms with Gasteiger partial charge >= 0.3 is 0 Å². The van der Waals surface area contributed by atoms with Crippen LogP contribution in [0.4, 0.5) is 0 Å². The highest BCUT2D eigenvalue weighted by Gasteiger charge is 2.48. The molecule has 0 amide bonds. The number of rotatable bonds is 5. The van der Waals surface area contributed by atoms with Crippen molar-refractivity contribution >= 4 is 88.4 Å². The van der Waals surface area contributed by atoms with Gasteiger partial charge in [-0.05, 0) is 7.05 Å². The molecule has 2 heterocycles. The Morgan fingerprint density at radius 2 is 2.33 bits per heavy atom. The van der Waals surface area contributed by atoms with Gasteiger partial charge in [-0.2, -0.15) is 0 Å². The van der Waals surface area contributed by atoms with Crippen LogP contribution in [0.2, 0.25) is 6.55 Å². The predicted molar refractivity (Wildman–Crippen MR) is 101 cm³/mol. The standard InChI is InChI=1S/C2H24N7Si9/c1-5-15-6(10)17(4-14-8(12-2)13-3)9-16-7(11)18(5)9/h3-4,16-18H,10,12-15H2,1-2,11H3. The van der Waals surface area contributed by atoms with Crippen molar-refractivity contribution in [1.82, 2.24) is 29.9 Å². The third-order valence-electron chi connectivity index (χ3n) is 3.54. The fourth-order valence-corrected chi connectivity index (χ4v) is 45.0. The van der Waals surface area contributed by atoms with E-state index in [9.17, 15) is 0 Å². The minimum atomic E-state index is -0.937. The van der Waals surface area contributed by atoms with E-state index in [0.29, 0.717) is 9.84 Å². The monoisotopic (exact) mass is 398 g/mol. The van der Waals surface area contributed by atoms with Crippen LogP contribution in [0.15, 0.2) is 0 Å². The summed E-state index contributed by atoms with van der Waals surface area (Å²) in [6.45, 7) is 2.35. The van der Waals surface area contributed by atoms with E-state index >= 15 is 0 Å². The molecular weight excluding hydrogens is 375 g/mol. The maximum atomic E-state index is 7.69. The van der Waals surface area contributed by atoms with Crippen molar-refractivity contribution in [1.29, 1.82) is 0 Å². The number of nitrogens with one attached hydrogen (secondary N) is 2. The van der Waals surface area contributed by atoms with Crippen LogP contribution < -0.4 is 10.0 Å². The van der Waals surface area contributed by atoms with Crippen LogP contribution in [-0.4, -0.2) is 115 Å². The summed E-state index contributed by atoms with van der Waals surface area (Å²) in [7, 11) is 3.48. The maximum Gasteiger partial charge on any atom is 0.241 e. The molecule has 0 spiro atoms. The second-order valence-electron chi connectivity index (χ2n) is 4.94. The van der Waals surface area contributed by atoms with E-state index in [0.717, 1.165) is 0 Å². The lowest BCUT2D eigenvalue weighted by Crippen LogP contribution is -2.89. The quantitative estimate of drug-likeness (QED) is 0.464. The van der Waals surface area contributed by atoms with Crippen LogP contribution >= 0.6 is 0 Å². The first-order valence-corrected chi connectivity index (χ1v) is 18.0. The summed E-state index contributed by atoms with van der Waals surface area (Å²) < 4.78 is 17.8. The molecule has 2 saturated heterocycles. The summed E-state index contributed by atoms with van der Waals surface area (Å²) >= 11 is 0. The smallest absolute Gasteiger partial charge is 0.241 e. The van der Waals surface area contributed by atoms with Gasteiger partial charge in [0.2, 0.25) is 18.6 Å². The van der Waals surface area contributed by atoms with Gasteiger partial charge in [0, 0.05) is 0 Å². The van der Waals surface area contributed by atoms with Crippen LogP contribution in [-0.2, 0) is 0 Å². The maximum absolute atomic E-state index is 7.69. The van der Waals surface area contributed by atoms with Crippen LogP contribution in [0.1, 0.15) is 0 Å². The number of nitrogens with zero attached hydrogens (tertiary/aromatic N) is 5. The van der Waals surface area contributed by atoms with Gasteiger partial charge in [0.1, 0.15) is 0 Å². The van der Waals surface area contributed by atoms with E-state index in [1.165, 1.54) is 10.4 Å². The highest BCUT2D eigenvalue weighted by atomic mass is 28.5. The first kappa shape index (κ1) is 16.0. The van der Waals surface area contributed by atoms with E-state index in [4.69, 9.17) is 5.40 Å². The molecular formula is C2H24N7Si9. The number of fused-ring (bicyclic) bond motifs is 1. The third-order valence-corrected chi connectivity index (χ3v) is 29.6. The van der Waals surface area contributed by atoms with Crippen molar-refractivity contribution in [3.05, 3.63) is 0 Å². The summed E-state index contributed by atoms with van der Waals surface area (Å²) in [5, 5.41) is 7.69. The van der Waals surface area contributed by atoms with Crippen molar-refractivity contribution in [2.45, 2.75) is 6.55 Å². The molecule has 7 nitrogen and oxygen atoms in total. The van der Waals surface area contributed by atoms with Crippen molar-refractivity contribution in [3.8, 4) is 0 Å². The SMILES string of the molecule is C[SiH2]N([SiH2][NH])[SiH2]N[SiH]1N([SiH2])[SiH2]N(C)[SiH]2N([SiH3])[SiH]N12. The molecule has 2 N–H and O–H groups in total. The Morgan fingerprint density at radius 1 is 1.61 bits per heavy atom. The Labute approximate surface area is 131 Å². The number of hydrogen-bond donors (Lipinski definition) is 1. The van der Waals surface area contributed by atoms with Gasteiger partial charge in [-0.15, -0.1) is 0 Å². The fourth-order valence-electron chi connectivity index (χ4n) is 2.55. The average molecular weight is 399 g/mol. The lowest BCUT2D eigenvalue weighted by Gasteiger charge is -2.60. The fraction of sp³-hybridized carbons (Fsp3) is 1.00. The molecule has 2 unspecified atom stereocenters. The minimum absolute atomic E-state index is 0.0586. The molecule has 2 rings (SSSR count). The molecule has 103 valence electrons. The topological polar surface area (TPSA) is 52.0 Å². The van der Waals surface area contributed by atoms with Crippen LogP contribution in [0.3, 0.4) is 0 Å². The zero-order valence-electron chi connectivity index (χ0n) is 11.5. The second kappa shape index (κ2) is 7.09. The summed E-state index contributed by atoms with van der Waals surface area (Å²) in [5.41, 5.74) is 0. The molecule has 3 radical (unpaired) electrons. The Bertz CT molecular complexity index is 278. The van der Waals surface area contributed by atoms with Crippen molar-refractivity contribution in [2.24, 2.45) is 0 Å². The van der Waals surface area contributed by atoms with Crippen molar-refractivity contribution in [2.75, 3.05) is 7.05 Å². The van der Waals surface area contributed by atoms with Gasteiger partial charge in [0.25, 0.3) is 0 Å². The molecule has 2 aliphatic heterocycles. The highest BCUT2D eigenvalue weighted by Crippen LogP contribution is 2.18. The zero-order chi connectivity index (χ0) is 13.3. The minimum Gasteiger partial charge on any atom is -0.359 e. The molecule has 18 heavy (non-hydrogen) atoms. The summed E-state index contributed by atoms with van der Waals surface area (Å²) in [5.74, 6) is 0. The van der Waals surface area contributed by atoms with E-state index in [2.05, 4.69) is 48.5 Å². The van der Waals surface area contributed by atoms with Gasteiger partial charge in [-0.1, -0.05) is 6.55 Å². The molecule has 0 bridgehead atoms. The Kier molecular flexibility index (Phi) is 6.32. The molecule has 0 aromatic rings. The predicted octanol–water partition coefficient (Wildman–Crippen LogP) is -9.32. The molecule has 0 aromatic carbocycles. The lowest BCUT2D eigenvalue weighted by molar-refractivity contribution is 0.558. The molecule has 0 saturated carbocycles. The molecule has 0 aromatic heterocycles. The normalized spacial score (nSPS) is 35.2. The summed E-state index contributed by atoms with van der Waals surface area (Å²) in [6.07, 6.45) is 0. The third kappa shape index (κ3) is 3.28. The second-order valence-corrected chi connectivity index (χ2v) is 31.4. The molecule has 2 fully saturated rings. The van der Waals surface area contributed by atoms with Gasteiger partial charge in [0.05, 0.1) is 30.5 Å². The zero-order valence-corrected chi connectivity index (χ0v) is 24.0. The van der Waals surface area contributed by atoms with Gasteiger partial charge < -0.3 is 24.5 Å². The van der Waals surface area contributed by atoms with E-state index in [-0.39, 0.29) is 29.4 Å². The first-order chi connectivity index (χ1) is 8.58. The highest BCUT2D eigenvalue weighted by molar-refractivity contribution is 6.98. The van der Waals surface area contributed by atoms with Gasteiger partial charge in [-0.25, -0.2) is 0 Å².